The summed E-state index contributed by atoms with van der Waals surface area (Å²) in [5.41, 5.74) is 6.81. The topological polar surface area (TPSA) is 0 Å². The van der Waals surface area contributed by atoms with Crippen LogP contribution in [0.1, 0.15) is 48.9 Å². The van der Waals surface area contributed by atoms with E-state index in [-0.39, 0.29) is 5.41 Å². The first kappa shape index (κ1) is 15.6. The van der Waals surface area contributed by atoms with Gasteiger partial charge in [0.1, 0.15) is 0 Å². The highest BCUT2D eigenvalue weighted by atomic mass is 14.3. The van der Waals surface area contributed by atoms with Gasteiger partial charge in [-0.25, -0.2) is 0 Å². The van der Waals surface area contributed by atoms with Gasteiger partial charge in [0.25, 0.3) is 0 Å². The Hall–Kier alpha value is -1.82. The van der Waals surface area contributed by atoms with Crippen molar-refractivity contribution in [1.29, 1.82) is 0 Å². The summed E-state index contributed by atoms with van der Waals surface area (Å²) in [4.78, 5) is 0. The lowest BCUT2D eigenvalue weighted by Gasteiger charge is -2.32. The van der Waals surface area contributed by atoms with Gasteiger partial charge in [0.15, 0.2) is 0 Å². The number of hydrogen-bond donors (Lipinski definition) is 0. The molecule has 0 spiro atoms. The van der Waals surface area contributed by atoms with Crippen molar-refractivity contribution in [2.45, 2.75) is 46.0 Å². The van der Waals surface area contributed by atoms with Crippen LogP contribution in [0.5, 0.6) is 0 Å². The molecule has 0 aliphatic carbocycles. The van der Waals surface area contributed by atoms with Crippen LogP contribution >= 0.6 is 0 Å². The van der Waals surface area contributed by atoms with E-state index in [4.69, 9.17) is 0 Å². The molecule has 0 fully saturated rings. The lowest BCUT2D eigenvalue weighted by molar-refractivity contribution is 0.465. The molecule has 0 saturated carbocycles. The molecule has 0 amide bonds. The quantitative estimate of drug-likeness (QED) is 0.622. The van der Waals surface area contributed by atoms with E-state index in [9.17, 15) is 0 Å². The van der Waals surface area contributed by atoms with E-state index in [1.165, 1.54) is 27.8 Å². The Labute approximate surface area is 129 Å². The van der Waals surface area contributed by atoms with Gasteiger partial charge in [-0.15, -0.1) is 0 Å². The molecule has 0 N–H and O–H groups in total. The van der Waals surface area contributed by atoms with Crippen LogP contribution in [0.2, 0.25) is 0 Å². The Balaban J connectivity index is 2.33. The summed E-state index contributed by atoms with van der Waals surface area (Å²) >= 11 is 0. The molecule has 2 rings (SSSR count). The van der Waals surface area contributed by atoms with E-state index in [0.717, 1.165) is 12.8 Å². The Morgan fingerprint density at radius 2 is 1.52 bits per heavy atom. The molecule has 0 aliphatic heterocycles. The van der Waals surface area contributed by atoms with Crippen molar-refractivity contribution >= 4 is 5.57 Å². The van der Waals surface area contributed by atoms with Crippen LogP contribution < -0.4 is 0 Å². The second-order valence-electron chi connectivity index (χ2n) is 6.32. The maximum Gasteiger partial charge on any atom is -0.00349 e. The van der Waals surface area contributed by atoms with Gasteiger partial charge >= 0.3 is 0 Å². The van der Waals surface area contributed by atoms with Crippen LogP contribution in [0.3, 0.4) is 0 Å². The number of rotatable bonds is 5. The fraction of sp³-hybridized carbons (Fsp3) is 0.333. The van der Waals surface area contributed by atoms with Crippen molar-refractivity contribution < 1.29 is 0 Å². The fourth-order valence-corrected chi connectivity index (χ4v) is 3.20. The van der Waals surface area contributed by atoms with Crippen molar-refractivity contribution in [1.82, 2.24) is 0 Å². The van der Waals surface area contributed by atoms with Gasteiger partial charge in [-0.05, 0) is 59.9 Å². The molecule has 1 unspecified atom stereocenters. The van der Waals surface area contributed by atoms with E-state index >= 15 is 0 Å². The zero-order valence-corrected chi connectivity index (χ0v) is 13.7. The van der Waals surface area contributed by atoms with Crippen molar-refractivity contribution in [3.8, 4) is 0 Å². The van der Waals surface area contributed by atoms with Crippen molar-refractivity contribution in [3.05, 3.63) is 77.4 Å². The van der Waals surface area contributed by atoms with Gasteiger partial charge in [0, 0.05) is 0 Å². The Kier molecular flexibility index (Phi) is 4.67. The lowest BCUT2D eigenvalue weighted by Crippen LogP contribution is -2.22. The molecule has 0 radical (unpaired) electrons. The summed E-state index contributed by atoms with van der Waals surface area (Å²) in [6.45, 7) is 13.4. The van der Waals surface area contributed by atoms with Gasteiger partial charge in [-0.1, -0.05) is 69.0 Å². The number of aryl methyl sites for hydroxylation is 2. The highest BCUT2D eigenvalue weighted by Gasteiger charge is 2.27. The van der Waals surface area contributed by atoms with E-state index in [2.05, 4.69) is 82.8 Å². The highest BCUT2D eigenvalue weighted by molar-refractivity contribution is 5.67. The van der Waals surface area contributed by atoms with Gasteiger partial charge in [0.05, 0.1) is 0 Å². The minimum atomic E-state index is 0.144. The van der Waals surface area contributed by atoms with Crippen molar-refractivity contribution in [3.63, 3.8) is 0 Å². The summed E-state index contributed by atoms with van der Waals surface area (Å²) in [6.07, 6.45) is 2.11. The van der Waals surface area contributed by atoms with Crippen LogP contribution in [0.15, 0.2) is 55.1 Å². The lowest BCUT2D eigenvalue weighted by atomic mass is 9.72. The van der Waals surface area contributed by atoms with Gasteiger partial charge in [-0.3, -0.25) is 0 Å². The summed E-state index contributed by atoms with van der Waals surface area (Å²) < 4.78 is 0. The molecular formula is C21H26. The van der Waals surface area contributed by atoms with E-state index in [1.807, 2.05) is 0 Å². The first-order valence-electron chi connectivity index (χ1n) is 7.78. The summed E-state index contributed by atoms with van der Waals surface area (Å²) in [7, 11) is 0. The number of allylic oxidation sites excluding steroid dienone is 1. The third-order valence-corrected chi connectivity index (χ3v) is 4.71. The molecule has 0 saturated heterocycles. The normalized spacial score (nSPS) is 13.7. The van der Waals surface area contributed by atoms with Crippen LogP contribution in [0, 0.1) is 13.8 Å². The molecule has 0 aromatic heterocycles. The molecule has 21 heavy (non-hydrogen) atoms. The maximum absolute atomic E-state index is 4.37. The molecule has 0 heteroatoms. The molecular weight excluding hydrogens is 252 g/mol. The van der Waals surface area contributed by atoms with E-state index in [1.54, 1.807) is 0 Å². The number of hydrogen-bond acceptors (Lipinski definition) is 0. The van der Waals surface area contributed by atoms with Gasteiger partial charge in [-0.2, -0.15) is 0 Å². The average Bonchev–Trinajstić information content (AvgIpc) is 2.47. The van der Waals surface area contributed by atoms with Crippen LogP contribution in [0.25, 0.3) is 5.57 Å². The Morgan fingerprint density at radius 3 is 2.10 bits per heavy atom. The predicted octanol–water partition coefficient (Wildman–Crippen LogP) is 6.07. The van der Waals surface area contributed by atoms with E-state index < -0.39 is 0 Å². The number of benzene rings is 2. The second kappa shape index (κ2) is 6.30. The van der Waals surface area contributed by atoms with Crippen LogP contribution in [0.4, 0.5) is 0 Å². The molecule has 0 nitrogen and oxygen atoms in total. The monoisotopic (exact) mass is 278 g/mol. The van der Waals surface area contributed by atoms with Crippen molar-refractivity contribution in [2.75, 3.05) is 0 Å². The minimum Gasteiger partial charge on any atom is -0.0952 e. The second-order valence-corrected chi connectivity index (χ2v) is 6.32. The Morgan fingerprint density at radius 1 is 0.952 bits per heavy atom. The fourth-order valence-electron chi connectivity index (χ4n) is 3.20. The molecule has 110 valence electrons. The Bertz CT molecular complexity index is 636. The predicted molar refractivity (Wildman–Crippen MR) is 93.7 cm³/mol. The SMILES string of the molecule is C=C(CC(C)(CC)c1ccccc1C)c1ccccc1C. The largest absolute Gasteiger partial charge is 0.0952 e. The first-order valence-corrected chi connectivity index (χ1v) is 7.78. The highest BCUT2D eigenvalue weighted by Crippen LogP contribution is 2.38. The van der Waals surface area contributed by atoms with Gasteiger partial charge < -0.3 is 0 Å². The molecule has 0 heterocycles. The van der Waals surface area contributed by atoms with Crippen LogP contribution in [-0.2, 0) is 5.41 Å². The van der Waals surface area contributed by atoms with Crippen LogP contribution in [-0.4, -0.2) is 0 Å². The zero-order valence-electron chi connectivity index (χ0n) is 13.7. The van der Waals surface area contributed by atoms with E-state index in [0.29, 0.717) is 0 Å². The molecule has 2 aromatic rings. The molecule has 0 bridgehead atoms. The maximum atomic E-state index is 4.37. The minimum absolute atomic E-state index is 0.144. The first-order chi connectivity index (χ1) is 9.98. The third-order valence-electron chi connectivity index (χ3n) is 4.71. The van der Waals surface area contributed by atoms with Crippen molar-refractivity contribution in [2.24, 2.45) is 0 Å². The smallest absolute Gasteiger partial charge is 0.00349 e. The summed E-state index contributed by atoms with van der Waals surface area (Å²) in [5, 5.41) is 0. The molecule has 2 aromatic carbocycles. The standard InChI is InChI=1S/C21H26/c1-6-21(5,20-14-10-8-12-17(20)3)15-18(4)19-13-9-7-11-16(19)2/h7-14H,4,6,15H2,1-3,5H3. The zero-order chi connectivity index (χ0) is 15.5. The third kappa shape index (κ3) is 3.26. The average molecular weight is 278 g/mol. The molecule has 1 atom stereocenters. The summed E-state index contributed by atoms with van der Waals surface area (Å²) in [5.74, 6) is 0. The van der Waals surface area contributed by atoms with Gasteiger partial charge in [0.2, 0.25) is 0 Å². The summed E-state index contributed by atoms with van der Waals surface area (Å²) in [6, 6.07) is 17.3. The molecule has 0 aliphatic rings.